The SMILES string of the molecule is COc1cc(C#N)cc2c1C(=O)N(C1CCC(=O)NC1=O)C2. The predicted molar refractivity (Wildman–Crippen MR) is 73.8 cm³/mol. The van der Waals surface area contributed by atoms with Crippen LogP contribution >= 0.6 is 0 Å². The Kier molecular flexibility index (Phi) is 3.29. The summed E-state index contributed by atoms with van der Waals surface area (Å²) in [7, 11) is 1.43. The van der Waals surface area contributed by atoms with Crippen molar-refractivity contribution in [3.8, 4) is 11.8 Å². The second kappa shape index (κ2) is 5.15. The summed E-state index contributed by atoms with van der Waals surface area (Å²) in [5.41, 5.74) is 1.44. The van der Waals surface area contributed by atoms with Gasteiger partial charge in [-0.15, -0.1) is 0 Å². The summed E-state index contributed by atoms with van der Waals surface area (Å²) >= 11 is 0. The Balaban J connectivity index is 1.96. The Morgan fingerprint density at radius 2 is 2.14 bits per heavy atom. The number of nitrogens with zero attached hydrogens (tertiary/aromatic N) is 2. The summed E-state index contributed by atoms with van der Waals surface area (Å²) in [5, 5.41) is 11.3. The highest BCUT2D eigenvalue weighted by Gasteiger charge is 2.40. The van der Waals surface area contributed by atoms with E-state index in [1.807, 2.05) is 6.07 Å². The van der Waals surface area contributed by atoms with E-state index < -0.39 is 11.9 Å². The first-order chi connectivity index (χ1) is 10.5. The number of carbonyl (C=O) groups excluding carboxylic acids is 3. The maximum Gasteiger partial charge on any atom is 0.258 e. The molecule has 0 saturated carbocycles. The maximum absolute atomic E-state index is 12.6. The molecule has 3 amide bonds. The van der Waals surface area contributed by atoms with Crippen LogP contribution in [0.1, 0.15) is 34.3 Å². The molecule has 0 spiro atoms. The minimum atomic E-state index is -0.673. The minimum Gasteiger partial charge on any atom is -0.496 e. The summed E-state index contributed by atoms with van der Waals surface area (Å²) in [6.45, 7) is 0.228. The first-order valence-corrected chi connectivity index (χ1v) is 6.81. The van der Waals surface area contributed by atoms with Crippen LogP contribution in [-0.4, -0.2) is 35.8 Å². The molecule has 1 atom stereocenters. The van der Waals surface area contributed by atoms with Gasteiger partial charge in [0.15, 0.2) is 0 Å². The average molecular weight is 299 g/mol. The highest BCUT2D eigenvalue weighted by atomic mass is 16.5. The Labute approximate surface area is 126 Å². The zero-order valence-electron chi connectivity index (χ0n) is 11.9. The highest BCUT2D eigenvalue weighted by Crippen LogP contribution is 2.34. The summed E-state index contributed by atoms with van der Waals surface area (Å²) in [6, 6.07) is 4.48. The van der Waals surface area contributed by atoms with Crippen LogP contribution in [0.4, 0.5) is 0 Å². The molecule has 1 fully saturated rings. The fourth-order valence-electron chi connectivity index (χ4n) is 2.90. The van der Waals surface area contributed by atoms with Gasteiger partial charge in [-0.1, -0.05) is 0 Å². The van der Waals surface area contributed by atoms with Crippen molar-refractivity contribution in [2.75, 3.05) is 7.11 Å². The lowest BCUT2D eigenvalue weighted by atomic mass is 10.0. The molecule has 3 rings (SSSR count). The Hall–Kier alpha value is -2.88. The molecule has 1 saturated heterocycles. The fraction of sp³-hybridized carbons (Fsp3) is 0.333. The van der Waals surface area contributed by atoms with Crippen molar-refractivity contribution < 1.29 is 19.1 Å². The molecule has 1 aromatic carbocycles. The molecule has 2 heterocycles. The molecule has 1 unspecified atom stereocenters. The van der Waals surface area contributed by atoms with E-state index in [2.05, 4.69) is 5.32 Å². The van der Waals surface area contributed by atoms with Gasteiger partial charge in [-0.3, -0.25) is 19.7 Å². The average Bonchev–Trinajstić information content (AvgIpc) is 2.83. The van der Waals surface area contributed by atoms with Gasteiger partial charge in [0.2, 0.25) is 11.8 Å². The smallest absolute Gasteiger partial charge is 0.258 e. The van der Waals surface area contributed by atoms with Crippen molar-refractivity contribution in [3.05, 3.63) is 28.8 Å². The van der Waals surface area contributed by atoms with Crippen LogP contribution in [0, 0.1) is 11.3 Å². The number of benzene rings is 1. The molecule has 2 aliphatic heterocycles. The van der Waals surface area contributed by atoms with Crippen molar-refractivity contribution in [2.24, 2.45) is 0 Å². The Morgan fingerprint density at radius 1 is 1.36 bits per heavy atom. The molecule has 2 aliphatic rings. The van der Waals surface area contributed by atoms with E-state index in [4.69, 9.17) is 10.00 Å². The van der Waals surface area contributed by atoms with Gasteiger partial charge in [-0.25, -0.2) is 0 Å². The van der Waals surface area contributed by atoms with Crippen LogP contribution in [-0.2, 0) is 16.1 Å². The van der Waals surface area contributed by atoms with Gasteiger partial charge < -0.3 is 9.64 Å². The lowest BCUT2D eigenvalue weighted by Gasteiger charge is -2.29. The van der Waals surface area contributed by atoms with Gasteiger partial charge in [0.1, 0.15) is 11.8 Å². The van der Waals surface area contributed by atoms with Crippen molar-refractivity contribution in [2.45, 2.75) is 25.4 Å². The van der Waals surface area contributed by atoms with Crippen molar-refractivity contribution in [1.29, 1.82) is 5.26 Å². The minimum absolute atomic E-state index is 0.205. The number of fused-ring (bicyclic) bond motifs is 1. The summed E-state index contributed by atoms with van der Waals surface area (Å²) < 4.78 is 5.20. The van der Waals surface area contributed by atoms with Crippen LogP contribution in [0.15, 0.2) is 12.1 Å². The lowest BCUT2D eigenvalue weighted by molar-refractivity contribution is -0.136. The third-order valence-electron chi connectivity index (χ3n) is 3.93. The van der Waals surface area contributed by atoms with Gasteiger partial charge in [0.05, 0.1) is 24.3 Å². The van der Waals surface area contributed by atoms with Gasteiger partial charge in [-0.2, -0.15) is 5.26 Å². The number of ether oxygens (including phenoxy) is 1. The second-order valence-electron chi connectivity index (χ2n) is 5.22. The van der Waals surface area contributed by atoms with Crippen LogP contribution < -0.4 is 10.1 Å². The zero-order chi connectivity index (χ0) is 15.9. The van der Waals surface area contributed by atoms with Crippen LogP contribution in [0.25, 0.3) is 0 Å². The number of hydrogen-bond acceptors (Lipinski definition) is 5. The van der Waals surface area contributed by atoms with Gasteiger partial charge in [-0.05, 0) is 24.1 Å². The second-order valence-corrected chi connectivity index (χ2v) is 5.22. The van der Waals surface area contributed by atoms with Gasteiger partial charge in [0.25, 0.3) is 5.91 Å². The number of nitriles is 1. The summed E-state index contributed by atoms with van der Waals surface area (Å²) in [5.74, 6) is -0.772. The molecule has 112 valence electrons. The van der Waals surface area contributed by atoms with Crippen molar-refractivity contribution in [1.82, 2.24) is 10.2 Å². The molecule has 1 aromatic rings. The number of imide groups is 1. The molecule has 1 N–H and O–H groups in total. The highest BCUT2D eigenvalue weighted by molar-refractivity contribution is 6.06. The molecular formula is C15H13N3O4. The van der Waals surface area contributed by atoms with E-state index in [0.29, 0.717) is 28.9 Å². The summed E-state index contributed by atoms with van der Waals surface area (Å²) in [4.78, 5) is 37.2. The van der Waals surface area contributed by atoms with Crippen molar-refractivity contribution in [3.63, 3.8) is 0 Å². The van der Waals surface area contributed by atoms with E-state index >= 15 is 0 Å². The van der Waals surface area contributed by atoms with E-state index in [1.165, 1.54) is 18.1 Å². The Morgan fingerprint density at radius 3 is 2.77 bits per heavy atom. The number of nitrogens with one attached hydrogen (secondary N) is 1. The maximum atomic E-state index is 12.6. The molecular weight excluding hydrogens is 286 g/mol. The van der Waals surface area contributed by atoms with Crippen LogP contribution in [0.3, 0.4) is 0 Å². The van der Waals surface area contributed by atoms with E-state index in [-0.39, 0.29) is 24.8 Å². The standard InChI is InChI=1S/C15H13N3O4/c1-22-11-5-8(6-16)4-9-7-18(15(21)13(9)11)10-2-3-12(19)17-14(10)20/h4-5,10H,2-3,7H2,1H3,(H,17,19,20). The first-order valence-electron chi connectivity index (χ1n) is 6.81. The molecule has 0 aromatic heterocycles. The van der Waals surface area contributed by atoms with E-state index in [1.54, 1.807) is 6.07 Å². The van der Waals surface area contributed by atoms with Gasteiger partial charge >= 0.3 is 0 Å². The molecule has 7 nitrogen and oxygen atoms in total. The zero-order valence-corrected chi connectivity index (χ0v) is 11.9. The number of hydrogen-bond donors (Lipinski definition) is 1. The molecule has 0 radical (unpaired) electrons. The lowest BCUT2D eigenvalue weighted by Crippen LogP contribution is -2.52. The van der Waals surface area contributed by atoms with E-state index in [9.17, 15) is 14.4 Å². The fourth-order valence-corrected chi connectivity index (χ4v) is 2.90. The number of rotatable bonds is 2. The van der Waals surface area contributed by atoms with E-state index in [0.717, 1.165) is 0 Å². The molecule has 7 heteroatoms. The van der Waals surface area contributed by atoms with Crippen LogP contribution in [0.2, 0.25) is 0 Å². The molecule has 0 aliphatic carbocycles. The third-order valence-corrected chi connectivity index (χ3v) is 3.93. The van der Waals surface area contributed by atoms with Crippen LogP contribution in [0.5, 0.6) is 5.75 Å². The van der Waals surface area contributed by atoms with Crippen molar-refractivity contribution >= 4 is 17.7 Å². The first kappa shape index (κ1) is 14.1. The quantitative estimate of drug-likeness (QED) is 0.793. The van der Waals surface area contributed by atoms with Gasteiger partial charge in [0, 0.05) is 13.0 Å². The topological polar surface area (TPSA) is 99.5 Å². The molecule has 22 heavy (non-hydrogen) atoms. The number of piperidine rings is 1. The normalized spacial score (nSPS) is 20.5. The number of methoxy groups -OCH3 is 1. The number of carbonyl (C=O) groups is 3. The largest absolute Gasteiger partial charge is 0.496 e. The number of amides is 3. The molecule has 0 bridgehead atoms. The summed E-state index contributed by atoms with van der Waals surface area (Å²) in [6.07, 6.45) is 0.509. The monoisotopic (exact) mass is 299 g/mol. The third kappa shape index (κ3) is 2.09. The Bertz CT molecular complexity index is 735. The predicted octanol–water partition coefficient (Wildman–Crippen LogP) is 0.328.